The van der Waals surface area contributed by atoms with Crippen LogP contribution in [0.15, 0.2) is 54.6 Å². The third-order valence-electron chi connectivity index (χ3n) is 6.00. The molecule has 0 aromatic heterocycles. The SMILES string of the molecule is CC(=O)N[C@H](Cc1ccccc1)C(=O)N1CCC[C@H]1C(=O)N[C@H](Cc1cccc(C#N)c1)B(O)O. The molecule has 1 aliphatic rings. The highest BCUT2D eigenvalue weighted by atomic mass is 16.4. The van der Waals surface area contributed by atoms with Gasteiger partial charge in [-0.2, -0.15) is 5.26 Å². The van der Waals surface area contributed by atoms with Gasteiger partial charge in [0.2, 0.25) is 17.7 Å². The maximum atomic E-state index is 13.4. The molecule has 0 aliphatic carbocycles. The molecule has 0 saturated carbocycles. The highest BCUT2D eigenvalue weighted by molar-refractivity contribution is 6.43. The monoisotopic (exact) mass is 476 g/mol. The van der Waals surface area contributed by atoms with Crippen molar-refractivity contribution in [2.45, 2.75) is 50.6 Å². The van der Waals surface area contributed by atoms with E-state index < -0.39 is 31.1 Å². The van der Waals surface area contributed by atoms with Gasteiger partial charge in [0.15, 0.2) is 0 Å². The zero-order chi connectivity index (χ0) is 25.4. The fraction of sp³-hybridized carbons (Fsp3) is 0.360. The first-order chi connectivity index (χ1) is 16.8. The van der Waals surface area contributed by atoms with Gasteiger partial charge in [-0.3, -0.25) is 14.4 Å². The Morgan fingerprint density at radius 1 is 1.09 bits per heavy atom. The molecular weight excluding hydrogens is 447 g/mol. The van der Waals surface area contributed by atoms with Gasteiger partial charge in [0.05, 0.1) is 17.6 Å². The second-order valence-electron chi connectivity index (χ2n) is 8.68. The van der Waals surface area contributed by atoms with Crippen molar-refractivity contribution in [1.29, 1.82) is 5.26 Å². The van der Waals surface area contributed by atoms with Gasteiger partial charge in [0, 0.05) is 19.9 Å². The third-order valence-corrected chi connectivity index (χ3v) is 6.00. The van der Waals surface area contributed by atoms with Crippen LogP contribution in [0.4, 0.5) is 0 Å². The molecule has 0 radical (unpaired) electrons. The lowest BCUT2D eigenvalue weighted by Crippen LogP contribution is -2.57. The van der Waals surface area contributed by atoms with Crippen LogP contribution in [0.5, 0.6) is 0 Å². The second kappa shape index (κ2) is 12.2. The molecule has 1 aliphatic heterocycles. The number of nitrogens with zero attached hydrogens (tertiary/aromatic N) is 2. The summed E-state index contributed by atoms with van der Waals surface area (Å²) in [6.07, 6.45) is 1.42. The molecule has 0 bridgehead atoms. The number of hydrogen-bond acceptors (Lipinski definition) is 6. The number of amides is 3. The molecule has 3 rings (SSSR count). The lowest BCUT2D eigenvalue weighted by molar-refractivity contribution is -0.141. The molecule has 10 heteroatoms. The molecule has 1 fully saturated rings. The number of carbonyl (C=O) groups excluding carboxylic acids is 3. The molecule has 0 unspecified atom stereocenters. The number of hydrogen-bond donors (Lipinski definition) is 4. The smallest absolute Gasteiger partial charge is 0.426 e. The number of carbonyl (C=O) groups is 3. The van der Waals surface area contributed by atoms with Crippen molar-refractivity contribution in [3.8, 4) is 6.07 Å². The van der Waals surface area contributed by atoms with Gasteiger partial charge in [-0.05, 0) is 42.5 Å². The summed E-state index contributed by atoms with van der Waals surface area (Å²) in [6, 6.07) is 16.4. The lowest BCUT2D eigenvalue weighted by Gasteiger charge is -2.30. The molecule has 3 amide bonds. The van der Waals surface area contributed by atoms with Crippen LogP contribution in [0.3, 0.4) is 0 Å². The van der Waals surface area contributed by atoms with Crippen LogP contribution in [0.1, 0.15) is 36.5 Å². The molecule has 3 atom stereocenters. The minimum atomic E-state index is -1.83. The zero-order valence-corrected chi connectivity index (χ0v) is 19.6. The van der Waals surface area contributed by atoms with Crippen LogP contribution in [0.25, 0.3) is 0 Å². The zero-order valence-electron chi connectivity index (χ0n) is 19.6. The van der Waals surface area contributed by atoms with E-state index >= 15 is 0 Å². The minimum Gasteiger partial charge on any atom is -0.426 e. The van der Waals surface area contributed by atoms with Gasteiger partial charge >= 0.3 is 7.12 Å². The van der Waals surface area contributed by atoms with Crippen molar-refractivity contribution in [2.75, 3.05) is 6.54 Å². The Labute approximate surface area is 204 Å². The van der Waals surface area contributed by atoms with E-state index in [1.807, 2.05) is 36.4 Å². The van der Waals surface area contributed by atoms with E-state index in [2.05, 4.69) is 10.6 Å². The van der Waals surface area contributed by atoms with E-state index in [-0.39, 0.29) is 24.7 Å². The molecule has 35 heavy (non-hydrogen) atoms. The summed E-state index contributed by atoms with van der Waals surface area (Å²) in [4.78, 5) is 39.7. The van der Waals surface area contributed by atoms with Gasteiger partial charge in [-0.15, -0.1) is 0 Å². The Morgan fingerprint density at radius 2 is 1.80 bits per heavy atom. The standard InChI is InChI=1S/C25H29BN4O5/c1-17(31)28-21(14-18-7-3-2-4-8-18)25(33)30-12-6-11-22(30)24(32)29-23(26(34)35)15-19-9-5-10-20(13-19)16-27/h2-5,7-10,13,21-23,34-35H,6,11-12,14-15H2,1H3,(H,28,31)(H,29,32)/t21-,22+,23-/m1/s1. The van der Waals surface area contributed by atoms with Crippen molar-refractivity contribution in [1.82, 2.24) is 15.5 Å². The minimum absolute atomic E-state index is 0.0993. The molecule has 2 aromatic carbocycles. The fourth-order valence-electron chi connectivity index (χ4n) is 4.33. The maximum absolute atomic E-state index is 13.4. The molecular formula is C25H29BN4O5. The summed E-state index contributed by atoms with van der Waals surface area (Å²) < 4.78 is 0. The van der Waals surface area contributed by atoms with Gasteiger partial charge < -0.3 is 25.6 Å². The number of nitriles is 1. The van der Waals surface area contributed by atoms with Crippen LogP contribution in [-0.4, -0.2) is 64.4 Å². The van der Waals surface area contributed by atoms with Crippen LogP contribution in [-0.2, 0) is 27.2 Å². The Kier molecular flexibility index (Phi) is 9.01. The molecule has 1 saturated heterocycles. The highest BCUT2D eigenvalue weighted by Gasteiger charge is 2.39. The van der Waals surface area contributed by atoms with Crippen LogP contribution < -0.4 is 10.6 Å². The van der Waals surface area contributed by atoms with Gasteiger partial charge in [0.25, 0.3) is 0 Å². The third kappa shape index (κ3) is 7.15. The second-order valence-corrected chi connectivity index (χ2v) is 8.68. The largest absolute Gasteiger partial charge is 0.475 e. The summed E-state index contributed by atoms with van der Waals surface area (Å²) in [7, 11) is -1.83. The normalized spacial score (nSPS) is 16.6. The average Bonchev–Trinajstić information content (AvgIpc) is 3.33. The first kappa shape index (κ1) is 25.9. The van der Waals surface area contributed by atoms with E-state index in [0.717, 1.165) is 5.56 Å². The number of likely N-dealkylation sites (tertiary alicyclic amines) is 1. The van der Waals surface area contributed by atoms with Gasteiger partial charge in [-0.1, -0.05) is 42.5 Å². The Morgan fingerprint density at radius 3 is 2.46 bits per heavy atom. The van der Waals surface area contributed by atoms with Crippen LogP contribution >= 0.6 is 0 Å². The van der Waals surface area contributed by atoms with E-state index in [4.69, 9.17) is 5.26 Å². The van der Waals surface area contributed by atoms with Crippen LogP contribution in [0.2, 0.25) is 0 Å². The fourth-order valence-corrected chi connectivity index (χ4v) is 4.33. The van der Waals surface area contributed by atoms with Gasteiger partial charge in [0.1, 0.15) is 12.1 Å². The summed E-state index contributed by atoms with van der Waals surface area (Å²) in [5, 5.41) is 34.2. The number of benzene rings is 2. The van der Waals surface area contributed by atoms with Gasteiger partial charge in [-0.25, -0.2) is 0 Å². The number of nitrogens with one attached hydrogen (secondary N) is 2. The summed E-state index contributed by atoms with van der Waals surface area (Å²) in [5.74, 6) is -2.22. The summed E-state index contributed by atoms with van der Waals surface area (Å²) >= 11 is 0. The Balaban J connectivity index is 1.72. The summed E-state index contributed by atoms with van der Waals surface area (Å²) in [5.41, 5.74) is 1.97. The number of rotatable bonds is 9. The quantitative estimate of drug-likeness (QED) is 0.385. The molecule has 0 spiro atoms. The predicted molar refractivity (Wildman–Crippen MR) is 129 cm³/mol. The Hall–Kier alpha value is -3.68. The van der Waals surface area contributed by atoms with Crippen molar-refractivity contribution in [3.63, 3.8) is 0 Å². The molecule has 4 N–H and O–H groups in total. The van der Waals surface area contributed by atoms with Crippen molar-refractivity contribution in [3.05, 3.63) is 71.3 Å². The van der Waals surface area contributed by atoms with E-state index in [0.29, 0.717) is 30.5 Å². The first-order valence-corrected chi connectivity index (χ1v) is 11.6. The van der Waals surface area contributed by atoms with E-state index in [1.165, 1.54) is 11.8 Å². The van der Waals surface area contributed by atoms with Crippen LogP contribution in [0, 0.1) is 11.3 Å². The lowest BCUT2D eigenvalue weighted by atomic mass is 9.75. The maximum Gasteiger partial charge on any atom is 0.475 e. The molecule has 2 aromatic rings. The highest BCUT2D eigenvalue weighted by Crippen LogP contribution is 2.20. The van der Waals surface area contributed by atoms with Crippen molar-refractivity contribution in [2.24, 2.45) is 0 Å². The Bertz CT molecular complexity index is 1090. The molecule has 1 heterocycles. The van der Waals surface area contributed by atoms with E-state index in [1.54, 1.807) is 24.3 Å². The average molecular weight is 476 g/mol. The first-order valence-electron chi connectivity index (χ1n) is 11.6. The summed E-state index contributed by atoms with van der Waals surface area (Å²) in [6.45, 7) is 1.70. The van der Waals surface area contributed by atoms with Crippen molar-refractivity contribution >= 4 is 24.8 Å². The van der Waals surface area contributed by atoms with Crippen molar-refractivity contribution < 1.29 is 24.4 Å². The molecule has 182 valence electrons. The molecule has 9 nitrogen and oxygen atoms in total. The topological polar surface area (TPSA) is 143 Å². The predicted octanol–water partition coefficient (Wildman–Crippen LogP) is 0.336. The van der Waals surface area contributed by atoms with E-state index in [9.17, 15) is 24.4 Å².